The Morgan fingerprint density at radius 1 is 0.967 bits per heavy atom. The topological polar surface area (TPSA) is 52.6 Å². The number of carbonyl (C=O) groups is 1. The van der Waals surface area contributed by atoms with Crippen LogP contribution >= 0.6 is 11.3 Å². The summed E-state index contributed by atoms with van der Waals surface area (Å²) in [4.78, 5) is 30.0. The highest BCUT2D eigenvalue weighted by Crippen LogP contribution is 2.31. The molecule has 2 aliphatic heterocycles. The molecule has 0 aliphatic carbocycles. The summed E-state index contributed by atoms with van der Waals surface area (Å²) in [6.07, 6.45) is 3.63. The monoisotopic (exact) mass is 421 g/mol. The van der Waals surface area contributed by atoms with E-state index < -0.39 is 0 Å². The average molecular weight is 422 g/mol. The Bertz CT molecular complexity index is 958. The number of benzene rings is 1. The quantitative estimate of drug-likeness (QED) is 0.647. The van der Waals surface area contributed by atoms with E-state index in [1.165, 1.54) is 5.56 Å². The van der Waals surface area contributed by atoms with E-state index in [1.54, 1.807) is 11.3 Å². The summed E-state index contributed by atoms with van der Waals surface area (Å²) in [5, 5.41) is 1.03. The maximum Gasteiger partial charge on any atom is 0.225 e. The van der Waals surface area contributed by atoms with Crippen molar-refractivity contribution >= 4 is 32.7 Å². The molecule has 2 fully saturated rings. The molecule has 6 nitrogen and oxygen atoms in total. The van der Waals surface area contributed by atoms with Crippen molar-refractivity contribution in [1.29, 1.82) is 0 Å². The number of nitrogens with zero attached hydrogens (tertiary/aromatic N) is 5. The number of piperidine rings is 1. The van der Waals surface area contributed by atoms with Crippen molar-refractivity contribution in [3.8, 4) is 0 Å². The number of pyridine rings is 1. The molecule has 2 saturated heterocycles. The van der Waals surface area contributed by atoms with Gasteiger partial charge in [0.1, 0.15) is 10.3 Å². The second-order valence-corrected chi connectivity index (χ2v) is 9.13. The fourth-order valence-corrected chi connectivity index (χ4v) is 5.40. The first-order valence-corrected chi connectivity index (χ1v) is 11.6. The number of aromatic nitrogens is 2. The minimum absolute atomic E-state index is 0.148. The molecule has 0 N–H and O–H groups in total. The smallest absolute Gasteiger partial charge is 0.225 e. The van der Waals surface area contributed by atoms with Crippen molar-refractivity contribution in [2.75, 3.05) is 44.2 Å². The highest BCUT2D eigenvalue weighted by molar-refractivity contribution is 7.21. The molecule has 4 heterocycles. The molecule has 30 heavy (non-hydrogen) atoms. The van der Waals surface area contributed by atoms with Crippen LogP contribution in [0, 0.1) is 5.92 Å². The van der Waals surface area contributed by atoms with Crippen LogP contribution in [0.4, 0.5) is 5.13 Å². The van der Waals surface area contributed by atoms with E-state index in [2.05, 4.69) is 50.0 Å². The van der Waals surface area contributed by atoms with Crippen LogP contribution in [0.15, 0.2) is 48.7 Å². The maximum absolute atomic E-state index is 13.1. The number of hydrogen-bond donors (Lipinski definition) is 0. The third kappa shape index (κ3) is 4.18. The minimum Gasteiger partial charge on any atom is -0.348 e. The van der Waals surface area contributed by atoms with Crippen LogP contribution in [0.1, 0.15) is 18.4 Å². The Hall–Kier alpha value is -2.51. The molecule has 1 amide bonds. The Morgan fingerprint density at radius 3 is 2.47 bits per heavy atom. The van der Waals surface area contributed by atoms with Gasteiger partial charge in [-0.3, -0.25) is 9.69 Å². The molecule has 2 aromatic heterocycles. The molecule has 0 saturated carbocycles. The van der Waals surface area contributed by atoms with Crippen LogP contribution in [0.3, 0.4) is 0 Å². The molecule has 5 rings (SSSR count). The van der Waals surface area contributed by atoms with Crippen LogP contribution in [0.2, 0.25) is 0 Å². The number of carbonyl (C=O) groups excluding carboxylic acids is 1. The molecule has 1 aromatic carbocycles. The predicted octanol–water partition coefficient (Wildman–Crippen LogP) is 3.25. The third-order valence-electron chi connectivity index (χ3n) is 6.20. The lowest BCUT2D eigenvalue weighted by molar-refractivity contribution is -0.138. The van der Waals surface area contributed by atoms with Gasteiger partial charge in [-0.1, -0.05) is 41.7 Å². The third-order valence-corrected chi connectivity index (χ3v) is 7.24. The molecule has 0 spiro atoms. The minimum atomic E-state index is 0.148. The summed E-state index contributed by atoms with van der Waals surface area (Å²) in [6.45, 7) is 6.36. The predicted molar refractivity (Wildman–Crippen MR) is 121 cm³/mol. The van der Waals surface area contributed by atoms with E-state index in [-0.39, 0.29) is 5.92 Å². The Kier molecular flexibility index (Phi) is 5.64. The lowest BCUT2D eigenvalue weighted by Gasteiger charge is -2.38. The van der Waals surface area contributed by atoms with Crippen LogP contribution in [0.5, 0.6) is 0 Å². The summed E-state index contributed by atoms with van der Waals surface area (Å²) < 4.78 is 0. The van der Waals surface area contributed by atoms with Gasteiger partial charge in [0.2, 0.25) is 5.91 Å². The van der Waals surface area contributed by atoms with Crippen molar-refractivity contribution in [2.45, 2.75) is 19.4 Å². The summed E-state index contributed by atoms with van der Waals surface area (Å²) in [7, 11) is 0. The van der Waals surface area contributed by atoms with E-state index in [0.29, 0.717) is 5.91 Å². The summed E-state index contributed by atoms with van der Waals surface area (Å²) in [5.41, 5.74) is 2.30. The second kappa shape index (κ2) is 8.70. The molecular weight excluding hydrogens is 394 g/mol. The first kappa shape index (κ1) is 19.5. The Balaban J connectivity index is 1.12. The van der Waals surface area contributed by atoms with Crippen LogP contribution in [-0.4, -0.2) is 64.9 Å². The van der Waals surface area contributed by atoms with E-state index >= 15 is 0 Å². The highest BCUT2D eigenvalue weighted by Gasteiger charge is 2.31. The van der Waals surface area contributed by atoms with Crippen molar-refractivity contribution in [3.05, 3.63) is 54.2 Å². The first-order valence-electron chi connectivity index (χ1n) is 10.8. The number of thiazole rings is 1. The maximum atomic E-state index is 13.1. The van der Waals surface area contributed by atoms with Gasteiger partial charge in [-0.2, -0.15) is 0 Å². The Labute approximate surface area is 181 Å². The SMILES string of the molecule is O=C(C1CCN(c2nc3cccnc3s2)CC1)N1CCN(Cc2ccccc2)CC1. The molecule has 0 bridgehead atoms. The largest absolute Gasteiger partial charge is 0.348 e. The molecule has 0 radical (unpaired) electrons. The molecule has 0 atom stereocenters. The van der Waals surface area contributed by atoms with Crippen LogP contribution < -0.4 is 4.90 Å². The van der Waals surface area contributed by atoms with Crippen molar-refractivity contribution < 1.29 is 4.79 Å². The Morgan fingerprint density at radius 2 is 1.73 bits per heavy atom. The normalized spacial score (nSPS) is 18.8. The number of hydrogen-bond acceptors (Lipinski definition) is 6. The van der Waals surface area contributed by atoms with E-state index in [0.717, 1.165) is 74.1 Å². The number of rotatable bonds is 4. The number of piperazine rings is 1. The molecule has 0 unspecified atom stereocenters. The number of amides is 1. The summed E-state index contributed by atoms with van der Waals surface area (Å²) in [5.74, 6) is 0.495. The molecule has 2 aliphatic rings. The van der Waals surface area contributed by atoms with Gasteiger partial charge >= 0.3 is 0 Å². The lowest BCUT2D eigenvalue weighted by atomic mass is 9.95. The summed E-state index contributed by atoms with van der Waals surface area (Å²) in [6, 6.07) is 14.5. The lowest BCUT2D eigenvalue weighted by Crippen LogP contribution is -2.51. The van der Waals surface area contributed by atoms with E-state index in [1.807, 2.05) is 18.3 Å². The van der Waals surface area contributed by atoms with Gasteiger partial charge < -0.3 is 9.80 Å². The molecule has 3 aromatic rings. The van der Waals surface area contributed by atoms with Crippen molar-refractivity contribution in [1.82, 2.24) is 19.8 Å². The average Bonchev–Trinajstić information content (AvgIpc) is 3.24. The zero-order chi connectivity index (χ0) is 20.3. The van der Waals surface area contributed by atoms with E-state index in [9.17, 15) is 4.79 Å². The number of anilines is 1. The second-order valence-electron chi connectivity index (χ2n) is 8.17. The van der Waals surface area contributed by atoms with Gasteiger partial charge in [0, 0.05) is 57.9 Å². The van der Waals surface area contributed by atoms with Gasteiger partial charge in [-0.15, -0.1) is 0 Å². The van der Waals surface area contributed by atoms with Crippen molar-refractivity contribution in [2.24, 2.45) is 5.92 Å². The first-order chi connectivity index (χ1) is 14.8. The van der Waals surface area contributed by atoms with Gasteiger partial charge in [-0.25, -0.2) is 9.97 Å². The standard InChI is InChI=1S/C23H27N5OS/c29-22(27-15-13-26(14-16-27)17-18-5-2-1-3-6-18)19-8-11-28(12-9-19)23-25-20-7-4-10-24-21(20)30-23/h1-7,10,19H,8-9,11-17H2. The van der Waals surface area contributed by atoms with Crippen LogP contribution in [0.25, 0.3) is 10.3 Å². The zero-order valence-electron chi connectivity index (χ0n) is 17.1. The highest BCUT2D eigenvalue weighted by atomic mass is 32.1. The van der Waals surface area contributed by atoms with Gasteiger partial charge in [0.15, 0.2) is 5.13 Å². The van der Waals surface area contributed by atoms with Crippen LogP contribution in [-0.2, 0) is 11.3 Å². The van der Waals surface area contributed by atoms with Gasteiger partial charge in [0.25, 0.3) is 0 Å². The molecule has 7 heteroatoms. The molecule has 156 valence electrons. The zero-order valence-corrected chi connectivity index (χ0v) is 17.9. The molecular formula is C23H27N5OS. The van der Waals surface area contributed by atoms with E-state index in [4.69, 9.17) is 4.98 Å². The van der Waals surface area contributed by atoms with Gasteiger partial charge in [-0.05, 0) is 30.5 Å². The fraction of sp³-hybridized carbons (Fsp3) is 0.435. The summed E-state index contributed by atoms with van der Waals surface area (Å²) >= 11 is 1.65. The fourth-order valence-electron chi connectivity index (χ4n) is 4.44. The van der Waals surface area contributed by atoms with Crippen molar-refractivity contribution in [3.63, 3.8) is 0 Å². The van der Waals surface area contributed by atoms with Gasteiger partial charge in [0.05, 0.1) is 0 Å². The number of fused-ring (bicyclic) bond motifs is 1.